The van der Waals surface area contributed by atoms with Gasteiger partial charge in [-0.2, -0.15) is 8.78 Å². The van der Waals surface area contributed by atoms with Gasteiger partial charge in [-0.05, 0) is 36.1 Å². The molecule has 2 aromatic carbocycles. The molecular formula is C20H23F2N3O3. The molecule has 2 unspecified atom stereocenters. The van der Waals surface area contributed by atoms with Gasteiger partial charge in [0.1, 0.15) is 6.04 Å². The predicted octanol–water partition coefficient (Wildman–Crippen LogP) is 2.56. The molecule has 1 aliphatic heterocycles. The van der Waals surface area contributed by atoms with Gasteiger partial charge in [-0.15, -0.1) is 0 Å². The van der Waals surface area contributed by atoms with E-state index in [1.807, 2.05) is 30.3 Å². The molecule has 3 N–H and O–H groups in total. The number of methoxy groups -OCH3 is 1. The monoisotopic (exact) mass is 391 g/mol. The molecule has 1 saturated heterocycles. The molecule has 1 aliphatic rings. The third kappa shape index (κ3) is 5.17. The van der Waals surface area contributed by atoms with Gasteiger partial charge in [-0.3, -0.25) is 4.79 Å². The van der Waals surface area contributed by atoms with E-state index >= 15 is 0 Å². The van der Waals surface area contributed by atoms with Crippen molar-refractivity contribution in [1.29, 1.82) is 0 Å². The van der Waals surface area contributed by atoms with E-state index in [-0.39, 0.29) is 29.5 Å². The number of hydrazine groups is 1. The van der Waals surface area contributed by atoms with Crippen molar-refractivity contribution in [2.45, 2.75) is 31.5 Å². The van der Waals surface area contributed by atoms with Crippen LogP contribution < -0.4 is 25.6 Å². The number of amides is 1. The molecule has 2 atom stereocenters. The molecule has 1 heterocycles. The van der Waals surface area contributed by atoms with Crippen molar-refractivity contribution in [3.63, 3.8) is 0 Å². The standard InChI is InChI=1S/C20H23F2N3O3/c1-27-17-8-7-13(11-18(17)28-20(21)22)9-10-23-19(26)16-12-15(24-25-16)14-5-3-2-4-6-14/h2-8,11,15-16,20,24-25H,9-10,12H2,1H3,(H,23,26). The number of carbonyl (C=O) groups is 1. The average Bonchev–Trinajstić information content (AvgIpc) is 3.19. The molecule has 0 saturated carbocycles. The molecule has 3 rings (SSSR count). The predicted molar refractivity (Wildman–Crippen MR) is 100 cm³/mol. The highest BCUT2D eigenvalue weighted by Crippen LogP contribution is 2.29. The molecule has 2 aromatic rings. The van der Waals surface area contributed by atoms with E-state index in [0.717, 1.165) is 11.1 Å². The van der Waals surface area contributed by atoms with E-state index in [4.69, 9.17) is 4.74 Å². The number of hydrogen-bond acceptors (Lipinski definition) is 5. The SMILES string of the molecule is COc1ccc(CCNC(=O)C2CC(c3ccccc3)NN2)cc1OC(F)F. The maximum absolute atomic E-state index is 12.5. The second-order valence-electron chi connectivity index (χ2n) is 6.44. The number of halogens is 2. The van der Waals surface area contributed by atoms with Crippen LogP contribution in [0.5, 0.6) is 11.5 Å². The normalized spacial score (nSPS) is 18.9. The van der Waals surface area contributed by atoms with Crippen LogP contribution in [0.3, 0.4) is 0 Å². The maximum atomic E-state index is 12.5. The van der Waals surface area contributed by atoms with Gasteiger partial charge in [0.2, 0.25) is 5.91 Å². The summed E-state index contributed by atoms with van der Waals surface area (Å²) in [7, 11) is 1.39. The highest BCUT2D eigenvalue weighted by atomic mass is 19.3. The fraction of sp³-hybridized carbons (Fsp3) is 0.350. The molecular weight excluding hydrogens is 368 g/mol. The lowest BCUT2D eigenvalue weighted by Gasteiger charge is -2.13. The minimum atomic E-state index is -2.93. The molecule has 28 heavy (non-hydrogen) atoms. The molecule has 8 heteroatoms. The summed E-state index contributed by atoms with van der Waals surface area (Å²) >= 11 is 0. The highest BCUT2D eigenvalue weighted by molar-refractivity contribution is 5.82. The molecule has 0 radical (unpaired) electrons. The highest BCUT2D eigenvalue weighted by Gasteiger charge is 2.29. The average molecular weight is 391 g/mol. The van der Waals surface area contributed by atoms with Crippen LogP contribution in [0, 0.1) is 0 Å². The van der Waals surface area contributed by atoms with Gasteiger partial charge in [-0.1, -0.05) is 36.4 Å². The summed E-state index contributed by atoms with van der Waals surface area (Å²) in [6.07, 6.45) is 1.13. The molecule has 0 bridgehead atoms. The summed E-state index contributed by atoms with van der Waals surface area (Å²) in [6.45, 7) is -2.55. The van der Waals surface area contributed by atoms with Crippen LogP contribution in [0.1, 0.15) is 23.6 Å². The van der Waals surface area contributed by atoms with Gasteiger partial charge in [0, 0.05) is 12.6 Å². The quantitative estimate of drug-likeness (QED) is 0.645. The fourth-order valence-corrected chi connectivity index (χ4v) is 3.15. The van der Waals surface area contributed by atoms with E-state index in [1.165, 1.54) is 13.2 Å². The van der Waals surface area contributed by atoms with E-state index in [9.17, 15) is 13.6 Å². The number of hydrogen-bond donors (Lipinski definition) is 3. The van der Waals surface area contributed by atoms with Crippen LogP contribution in [0.4, 0.5) is 8.78 Å². The Morgan fingerprint density at radius 3 is 2.68 bits per heavy atom. The van der Waals surface area contributed by atoms with Gasteiger partial charge < -0.3 is 14.8 Å². The Labute approximate surface area is 162 Å². The van der Waals surface area contributed by atoms with E-state index in [2.05, 4.69) is 20.9 Å². The van der Waals surface area contributed by atoms with E-state index < -0.39 is 6.61 Å². The van der Waals surface area contributed by atoms with Crippen molar-refractivity contribution in [3.05, 3.63) is 59.7 Å². The third-order valence-electron chi connectivity index (χ3n) is 4.58. The fourth-order valence-electron chi connectivity index (χ4n) is 3.15. The van der Waals surface area contributed by atoms with Crippen LogP contribution in [-0.2, 0) is 11.2 Å². The summed E-state index contributed by atoms with van der Waals surface area (Å²) in [5.74, 6) is 0.110. The van der Waals surface area contributed by atoms with Gasteiger partial charge in [0.15, 0.2) is 11.5 Å². The number of carbonyl (C=O) groups excluding carboxylic acids is 1. The Balaban J connectivity index is 1.49. The Bertz CT molecular complexity index is 790. The first-order chi connectivity index (χ1) is 13.6. The van der Waals surface area contributed by atoms with Crippen molar-refractivity contribution in [1.82, 2.24) is 16.2 Å². The Kier molecular flexibility index (Phi) is 6.78. The molecule has 1 amide bonds. The zero-order chi connectivity index (χ0) is 19.9. The second kappa shape index (κ2) is 9.48. The van der Waals surface area contributed by atoms with Crippen LogP contribution in [0.15, 0.2) is 48.5 Å². The van der Waals surface area contributed by atoms with Crippen LogP contribution >= 0.6 is 0 Å². The first-order valence-electron chi connectivity index (χ1n) is 9.02. The zero-order valence-corrected chi connectivity index (χ0v) is 15.5. The van der Waals surface area contributed by atoms with Crippen molar-refractivity contribution in [2.75, 3.05) is 13.7 Å². The molecule has 0 aromatic heterocycles. The lowest BCUT2D eigenvalue weighted by molar-refractivity contribution is -0.122. The van der Waals surface area contributed by atoms with Crippen LogP contribution in [0.2, 0.25) is 0 Å². The first-order valence-corrected chi connectivity index (χ1v) is 9.02. The smallest absolute Gasteiger partial charge is 0.387 e. The summed E-state index contributed by atoms with van der Waals surface area (Å²) in [5.41, 5.74) is 8.04. The summed E-state index contributed by atoms with van der Waals surface area (Å²) in [4.78, 5) is 12.4. The molecule has 6 nitrogen and oxygen atoms in total. The minimum Gasteiger partial charge on any atom is -0.493 e. The molecule has 1 fully saturated rings. The van der Waals surface area contributed by atoms with Crippen molar-refractivity contribution >= 4 is 5.91 Å². The zero-order valence-electron chi connectivity index (χ0n) is 15.5. The number of nitrogens with one attached hydrogen (secondary N) is 3. The Hall–Kier alpha value is -2.71. The summed E-state index contributed by atoms with van der Waals surface area (Å²) in [6, 6.07) is 14.5. The van der Waals surface area contributed by atoms with Crippen LogP contribution in [-0.4, -0.2) is 32.2 Å². The number of ether oxygens (including phenoxy) is 2. The number of rotatable bonds is 8. The molecule has 0 aliphatic carbocycles. The Morgan fingerprint density at radius 2 is 1.96 bits per heavy atom. The first kappa shape index (κ1) is 20.0. The third-order valence-corrected chi connectivity index (χ3v) is 4.58. The van der Waals surface area contributed by atoms with Gasteiger partial charge >= 0.3 is 6.61 Å². The second-order valence-corrected chi connectivity index (χ2v) is 6.44. The summed E-state index contributed by atoms with van der Waals surface area (Å²) in [5, 5.41) is 2.87. The van der Waals surface area contributed by atoms with E-state index in [1.54, 1.807) is 12.1 Å². The lowest BCUT2D eigenvalue weighted by Crippen LogP contribution is -2.43. The lowest BCUT2D eigenvalue weighted by atomic mass is 10.0. The van der Waals surface area contributed by atoms with Gasteiger partial charge in [-0.25, -0.2) is 10.9 Å². The largest absolute Gasteiger partial charge is 0.493 e. The molecule has 0 spiro atoms. The minimum absolute atomic E-state index is 0.0197. The topological polar surface area (TPSA) is 71.6 Å². The Morgan fingerprint density at radius 1 is 1.18 bits per heavy atom. The van der Waals surface area contributed by atoms with Crippen molar-refractivity contribution in [2.24, 2.45) is 0 Å². The maximum Gasteiger partial charge on any atom is 0.387 e. The number of benzene rings is 2. The molecule has 150 valence electrons. The van der Waals surface area contributed by atoms with Gasteiger partial charge in [0.05, 0.1) is 7.11 Å². The van der Waals surface area contributed by atoms with E-state index in [0.29, 0.717) is 19.4 Å². The van der Waals surface area contributed by atoms with Gasteiger partial charge in [0.25, 0.3) is 0 Å². The summed E-state index contributed by atoms with van der Waals surface area (Å²) < 4.78 is 34.5. The van der Waals surface area contributed by atoms with Crippen molar-refractivity contribution in [3.8, 4) is 11.5 Å². The van der Waals surface area contributed by atoms with Crippen molar-refractivity contribution < 1.29 is 23.0 Å². The van der Waals surface area contributed by atoms with Crippen LogP contribution in [0.25, 0.3) is 0 Å². The number of alkyl halides is 2.